The first kappa shape index (κ1) is 6.83. The molecule has 0 rings (SSSR count). The van der Waals surface area contributed by atoms with E-state index in [0.717, 1.165) is 0 Å². The van der Waals surface area contributed by atoms with Crippen molar-refractivity contribution in [2.45, 2.75) is 6.92 Å². The van der Waals surface area contributed by atoms with E-state index in [1.54, 1.807) is 6.92 Å². The van der Waals surface area contributed by atoms with E-state index in [9.17, 15) is 4.79 Å². The van der Waals surface area contributed by atoms with Crippen LogP contribution in [0.5, 0.6) is 0 Å². The molecule has 1 N–H and O–H groups in total. The van der Waals surface area contributed by atoms with Crippen LogP contribution in [0.25, 0.3) is 0 Å². The van der Waals surface area contributed by atoms with Crippen LogP contribution in [0, 0.1) is 12.0 Å². The molecule has 0 aliphatic heterocycles. The first-order valence-corrected chi connectivity index (χ1v) is 2.02. The highest BCUT2D eigenvalue weighted by Gasteiger charge is 1.90. The highest BCUT2D eigenvalue weighted by Crippen LogP contribution is 1.67. The van der Waals surface area contributed by atoms with Crippen molar-refractivity contribution in [2.24, 2.45) is 0 Å². The minimum atomic E-state index is -1.01. The Balaban J connectivity index is 3.14. The second-order valence-corrected chi connectivity index (χ2v) is 1.03. The van der Waals surface area contributed by atoms with Gasteiger partial charge in [0.1, 0.15) is 6.11 Å². The number of hydrogen-bond donors (Lipinski definition) is 1. The van der Waals surface area contributed by atoms with Crippen LogP contribution in [0.3, 0.4) is 0 Å². The molecule has 3 nitrogen and oxygen atoms in total. The molecule has 3 heteroatoms. The molecule has 0 aliphatic rings. The molecule has 0 aliphatic carbocycles. The van der Waals surface area contributed by atoms with Gasteiger partial charge in [0.2, 0.25) is 0 Å². The van der Waals surface area contributed by atoms with Gasteiger partial charge in [-0.25, -0.2) is 4.79 Å². The lowest BCUT2D eigenvalue weighted by Gasteiger charge is -1.86. The fourth-order valence-electron chi connectivity index (χ4n) is 0.170. The third-order valence-corrected chi connectivity index (χ3v) is 0.370. The van der Waals surface area contributed by atoms with Crippen molar-refractivity contribution in [2.75, 3.05) is 6.61 Å². The summed E-state index contributed by atoms with van der Waals surface area (Å²) in [5, 5.41) is 7.95. The van der Waals surface area contributed by atoms with Crippen LogP contribution < -0.4 is 0 Å². The van der Waals surface area contributed by atoms with E-state index in [-0.39, 0.29) is 6.61 Å². The molecule has 0 atom stereocenters. The van der Waals surface area contributed by atoms with E-state index in [0.29, 0.717) is 0 Å². The fraction of sp³-hybridized carbons (Fsp3) is 0.400. The number of carboxylic acid groups (broad SMARTS) is 1. The summed E-state index contributed by atoms with van der Waals surface area (Å²) in [7, 11) is 0. The molecule has 0 spiro atoms. The van der Waals surface area contributed by atoms with Crippen molar-refractivity contribution < 1.29 is 14.6 Å². The molecular formula is C5H6O3. The van der Waals surface area contributed by atoms with Crippen LogP contribution in [0.2, 0.25) is 0 Å². The molecule has 0 unspecified atom stereocenters. The van der Waals surface area contributed by atoms with Crippen LogP contribution in [0.4, 0.5) is 0 Å². The Kier molecular flexibility index (Phi) is 3.42. The zero-order valence-corrected chi connectivity index (χ0v) is 4.47. The molecule has 0 amide bonds. The van der Waals surface area contributed by atoms with Crippen molar-refractivity contribution in [3.63, 3.8) is 0 Å². The molecule has 44 valence electrons. The van der Waals surface area contributed by atoms with Gasteiger partial charge >= 0.3 is 5.97 Å². The lowest BCUT2D eigenvalue weighted by molar-refractivity contribution is -0.140. The Morgan fingerprint density at radius 3 is 2.88 bits per heavy atom. The average molecular weight is 114 g/mol. The molecule has 0 radical (unpaired) electrons. The topological polar surface area (TPSA) is 46.5 Å². The van der Waals surface area contributed by atoms with Crippen LogP contribution in [-0.4, -0.2) is 17.7 Å². The van der Waals surface area contributed by atoms with E-state index in [1.807, 2.05) is 0 Å². The summed E-state index contributed by atoms with van der Waals surface area (Å²) in [6.07, 6.45) is 2.15. The number of carbonyl (C=O) groups is 1. The Morgan fingerprint density at radius 2 is 2.50 bits per heavy atom. The van der Waals surface area contributed by atoms with Gasteiger partial charge in [-0.1, -0.05) is 5.92 Å². The zero-order chi connectivity index (χ0) is 6.41. The Labute approximate surface area is 47.3 Å². The Morgan fingerprint density at radius 1 is 1.88 bits per heavy atom. The van der Waals surface area contributed by atoms with Crippen LogP contribution in [0.15, 0.2) is 0 Å². The number of carboxylic acids is 1. The summed E-state index contributed by atoms with van der Waals surface area (Å²) in [4.78, 5) is 9.68. The van der Waals surface area contributed by atoms with E-state index in [1.165, 1.54) is 0 Å². The minimum absolute atomic E-state index is 0.346. The molecule has 0 bridgehead atoms. The predicted molar refractivity (Wildman–Crippen MR) is 27.0 cm³/mol. The van der Waals surface area contributed by atoms with Crippen molar-refractivity contribution in [3.8, 4) is 12.0 Å². The highest BCUT2D eigenvalue weighted by atomic mass is 16.5. The maximum absolute atomic E-state index is 9.68. The lowest BCUT2D eigenvalue weighted by Crippen LogP contribution is -2.02. The number of hydrogen-bond acceptors (Lipinski definition) is 2. The SMILES string of the molecule is CC#COCC(=O)O. The van der Waals surface area contributed by atoms with Gasteiger partial charge in [-0.2, -0.15) is 0 Å². The number of aliphatic carboxylic acids is 1. The van der Waals surface area contributed by atoms with Gasteiger partial charge in [-0.15, -0.1) is 0 Å². The largest absolute Gasteiger partial charge is 0.479 e. The quantitative estimate of drug-likeness (QED) is 0.516. The van der Waals surface area contributed by atoms with Crippen LogP contribution in [-0.2, 0) is 9.53 Å². The highest BCUT2D eigenvalue weighted by molar-refractivity contribution is 5.68. The van der Waals surface area contributed by atoms with Crippen molar-refractivity contribution in [3.05, 3.63) is 0 Å². The number of rotatable bonds is 2. The van der Waals surface area contributed by atoms with Gasteiger partial charge in [0.15, 0.2) is 6.61 Å². The summed E-state index contributed by atoms with van der Waals surface area (Å²) in [6, 6.07) is 0. The first-order valence-electron chi connectivity index (χ1n) is 2.02. The lowest BCUT2D eigenvalue weighted by atomic mass is 10.7. The molecule has 0 saturated carbocycles. The van der Waals surface area contributed by atoms with Gasteiger partial charge in [0.25, 0.3) is 0 Å². The smallest absolute Gasteiger partial charge is 0.342 e. The fourth-order valence-corrected chi connectivity index (χ4v) is 0.170. The average Bonchev–Trinajstić information content (AvgIpc) is 1.66. The molecule has 0 aromatic rings. The van der Waals surface area contributed by atoms with Gasteiger partial charge < -0.3 is 9.84 Å². The van der Waals surface area contributed by atoms with Crippen molar-refractivity contribution >= 4 is 5.97 Å². The predicted octanol–water partition coefficient (Wildman–Crippen LogP) is 0.0684. The van der Waals surface area contributed by atoms with E-state index in [2.05, 4.69) is 16.8 Å². The molecule has 8 heavy (non-hydrogen) atoms. The molecule has 0 saturated heterocycles. The summed E-state index contributed by atoms with van der Waals surface area (Å²) in [5.41, 5.74) is 0. The van der Waals surface area contributed by atoms with Gasteiger partial charge in [-0.3, -0.25) is 0 Å². The van der Waals surface area contributed by atoms with E-state index >= 15 is 0 Å². The van der Waals surface area contributed by atoms with Gasteiger partial charge in [0.05, 0.1) is 0 Å². The van der Waals surface area contributed by atoms with Crippen LogP contribution in [0.1, 0.15) is 6.92 Å². The standard InChI is InChI=1S/C5H6O3/c1-2-3-8-4-5(6)7/h4H2,1H3,(H,6,7). The van der Waals surface area contributed by atoms with Gasteiger partial charge in [0, 0.05) is 6.92 Å². The normalized spacial score (nSPS) is 6.62. The van der Waals surface area contributed by atoms with Crippen molar-refractivity contribution in [1.82, 2.24) is 0 Å². The maximum Gasteiger partial charge on any atom is 0.342 e. The molecule has 0 aromatic heterocycles. The van der Waals surface area contributed by atoms with Gasteiger partial charge in [-0.05, 0) is 0 Å². The summed E-state index contributed by atoms with van der Waals surface area (Å²) >= 11 is 0. The summed E-state index contributed by atoms with van der Waals surface area (Å²) in [6.45, 7) is 1.22. The second kappa shape index (κ2) is 4.00. The van der Waals surface area contributed by atoms with Crippen LogP contribution >= 0.6 is 0 Å². The van der Waals surface area contributed by atoms with E-state index < -0.39 is 5.97 Å². The summed E-state index contributed by atoms with van der Waals surface area (Å²) in [5.74, 6) is 1.38. The minimum Gasteiger partial charge on any atom is -0.479 e. The Hall–Kier alpha value is -1.17. The summed E-state index contributed by atoms with van der Waals surface area (Å²) < 4.78 is 4.28. The number of ether oxygens (including phenoxy) is 1. The second-order valence-electron chi connectivity index (χ2n) is 1.03. The van der Waals surface area contributed by atoms with E-state index in [4.69, 9.17) is 5.11 Å². The zero-order valence-electron chi connectivity index (χ0n) is 4.47. The maximum atomic E-state index is 9.68. The third kappa shape index (κ3) is 4.83. The Bertz CT molecular complexity index is 128. The molecule has 0 fully saturated rings. The first-order chi connectivity index (χ1) is 3.77. The monoisotopic (exact) mass is 114 g/mol. The van der Waals surface area contributed by atoms with Crippen molar-refractivity contribution in [1.29, 1.82) is 0 Å². The third-order valence-electron chi connectivity index (χ3n) is 0.370. The molecule has 0 aromatic carbocycles. The molecular weight excluding hydrogens is 108 g/mol. The molecule has 0 heterocycles.